The summed E-state index contributed by atoms with van der Waals surface area (Å²) in [6, 6.07) is 11.3. The van der Waals surface area contributed by atoms with Gasteiger partial charge in [0.2, 0.25) is 10.0 Å². The molecule has 2 fully saturated rings. The molecule has 0 spiro atoms. The maximum atomic E-state index is 13.1. The maximum absolute atomic E-state index is 13.1. The molecule has 168 valence electrons. The van der Waals surface area contributed by atoms with Gasteiger partial charge >= 0.3 is 0 Å². The molecule has 2 aliphatic heterocycles. The minimum atomic E-state index is -3.49. The molecule has 0 atom stereocenters. The van der Waals surface area contributed by atoms with E-state index in [0.29, 0.717) is 31.1 Å². The highest BCUT2D eigenvalue weighted by atomic mass is 32.2. The number of hydrogen-bond acceptors (Lipinski definition) is 6. The predicted octanol–water partition coefficient (Wildman–Crippen LogP) is 3.28. The zero-order chi connectivity index (χ0) is 22.1. The molecular formula is C23H33N5O2S. The van der Waals surface area contributed by atoms with Crippen molar-refractivity contribution in [3.8, 4) is 0 Å². The van der Waals surface area contributed by atoms with Crippen molar-refractivity contribution < 1.29 is 8.42 Å². The van der Waals surface area contributed by atoms with Gasteiger partial charge in [0.1, 0.15) is 0 Å². The monoisotopic (exact) mass is 443 g/mol. The number of aromatic nitrogens is 2. The van der Waals surface area contributed by atoms with Crippen LogP contribution in [0.1, 0.15) is 45.6 Å². The Morgan fingerprint density at radius 1 is 0.710 bits per heavy atom. The summed E-state index contributed by atoms with van der Waals surface area (Å²) in [4.78, 5) is 4.76. The third kappa shape index (κ3) is 4.85. The molecule has 0 amide bonds. The lowest BCUT2D eigenvalue weighted by Gasteiger charge is -2.34. The summed E-state index contributed by atoms with van der Waals surface area (Å²) in [5.74, 6) is 1.75. The van der Waals surface area contributed by atoms with E-state index in [-0.39, 0.29) is 5.41 Å². The molecule has 0 radical (unpaired) electrons. The van der Waals surface area contributed by atoms with Gasteiger partial charge < -0.3 is 9.80 Å². The van der Waals surface area contributed by atoms with E-state index < -0.39 is 10.0 Å². The summed E-state index contributed by atoms with van der Waals surface area (Å²) < 4.78 is 27.7. The van der Waals surface area contributed by atoms with E-state index in [4.69, 9.17) is 0 Å². The van der Waals surface area contributed by atoms with Crippen LogP contribution in [0.15, 0.2) is 41.3 Å². The maximum Gasteiger partial charge on any atom is 0.243 e. The van der Waals surface area contributed by atoms with E-state index in [2.05, 4.69) is 40.8 Å². The lowest BCUT2D eigenvalue weighted by molar-refractivity contribution is 0.383. The van der Waals surface area contributed by atoms with Gasteiger partial charge in [-0.3, -0.25) is 0 Å². The van der Waals surface area contributed by atoms with Crippen molar-refractivity contribution in [1.29, 1.82) is 0 Å². The molecule has 2 aliphatic rings. The Morgan fingerprint density at radius 3 is 1.71 bits per heavy atom. The Kier molecular flexibility index (Phi) is 6.21. The second-order valence-electron chi connectivity index (χ2n) is 9.46. The van der Waals surface area contributed by atoms with Gasteiger partial charge in [-0.05, 0) is 54.5 Å². The van der Waals surface area contributed by atoms with Crippen LogP contribution < -0.4 is 9.80 Å². The van der Waals surface area contributed by atoms with Crippen LogP contribution in [0.25, 0.3) is 0 Å². The number of hydrogen-bond donors (Lipinski definition) is 0. The highest BCUT2D eigenvalue weighted by molar-refractivity contribution is 7.89. The van der Waals surface area contributed by atoms with E-state index in [1.807, 2.05) is 24.3 Å². The van der Waals surface area contributed by atoms with Crippen molar-refractivity contribution >= 4 is 21.7 Å². The summed E-state index contributed by atoms with van der Waals surface area (Å²) in [7, 11) is -3.49. The molecule has 1 aromatic heterocycles. The van der Waals surface area contributed by atoms with Crippen LogP contribution in [-0.2, 0) is 15.4 Å². The number of rotatable bonds is 4. The van der Waals surface area contributed by atoms with Gasteiger partial charge in [-0.15, -0.1) is 10.2 Å². The Balaban J connectivity index is 1.38. The van der Waals surface area contributed by atoms with E-state index in [1.54, 1.807) is 16.4 Å². The summed E-state index contributed by atoms with van der Waals surface area (Å²) in [6.45, 7) is 10.6. The highest BCUT2D eigenvalue weighted by Crippen LogP contribution is 2.26. The van der Waals surface area contributed by atoms with E-state index in [1.165, 1.54) is 19.3 Å². The van der Waals surface area contributed by atoms with Crippen molar-refractivity contribution in [1.82, 2.24) is 14.5 Å². The van der Waals surface area contributed by atoms with Crippen LogP contribution >= 0.6 is 0 Å². The molecule has 3 heterocycles. The van der Waals surface area contributed by atoms with Crippen molar-refractivity contribution in [2.45, 2.75) is 50.3 Å². The minimum Gasteiger partial charge on any atom is -0.355 e. The summed E-state index contributed by atoms with van der Waals surface area (Å²) >= 11 is 0. The molecule has 7 nitrogen and oxygen atoms in total. The fraction of sp³-hybridized carbons (Fsp3) is 0.565. The zero-order valence-corrected chi connectivity index (χ0v) is 19.6. The molecule has 8 heteroatoms. The highest BCUT2D eigenvalue weighted by Gasteiger charge is 2.29. The molecule has 4 rings (SSSR count). The average Bonchev–Trinajstić information content (AvgIpc) is 2.79. The van der Waals surface area contributed by atoms with Crippen molar-refractivity contribution in [3.05, 3.63) is 42.0 Å². The van der Waals surface area contributed by atoms with Gasteiger partial charge in [-0.1, -0.05) is 32.9 Å². The number of piperazine rings is 1. The Hall–Kier alpha value is -2.19. The van der Waals surface area contributed by atoms with Gasteiger partial charge in [0, 0.05) is 39.3 Å². The van der Waals surface area contributed by atoms with Gasteiger partial charge in [0.25, 0.3) is 0 Å². The van der Waals surface area contributed by atoms with Gasteiger partial charge in [-0.25, -0.2) is 8.42 Å². The van der Waals surface area contributed by atoms with E-state index in [9.17, 15) is 8.42 Å². The first kappa shape index (κ1) is 22.0. The van der Waals surface area contributed by atoms with Gasteiger partial charge in [0.15, 0.2) is 11.6 Å². The Morgan fingerprint density at radius 2 is 1.23 bits per heavy atom. The SMILES string of the molecule is CC(C)(C)c1ccc(S(=O)(=O)N2CCN(c3ccc(N4CCCCC4)nn3)CC2)cc1. The predicted molar refractivity (Wildman–Crippen MR) is 124 cm³/mol. The lowest BCUT2D eigenvalue weighted by Crippen LogP contribution is -2.49. The Labute approximate surface area is 186 Å². The minimum absolute atomic E-state index is 0.00149. The fourth-order valence-corrected chi connectivity index (χ4v) is 5.63. The van der Waals surface area contributed by atoms with E-state index >= 15 is 0 Å². The number of anilines is 2. The smallest absolute Gasteiger partial charge is 0.243 e. The number of benzene rings is 1. The molecule has 0 unspecified atom stereocenters. The Bertz CT molecular complexity index is 970. The summed E-state index contributed by atoms with van der Waals surface area (Å²) in [5.41, 5.74) is 1.13. The molecule has 0 aliphatic carbocycles. The molecule has 0 N–H and O–H groups in total. The lowest BCUT2D eigenvalue weighted by atomic mass is 9.87. The van der Waals surface area contributed by atoms with Crippen LogP contribution in [0.4, 0.5) is 11.6 Å². The molecule has 0 saturated carbocycles. The van der Waals surface area contributed by atoms with Gasteiger partial charge in [-0.2, -0.15) is 4.31 Å². The standard InChI is InChI=1S/C23H33N5O2S/c1-23(2,3)19-7-9-20(10-8-19)31(29,30)28-17-15-27(16-18-28)22-12-11-21(24-25-22)26-13-5-4-6-14-26/h7-12H,4-6,13-18H2,1-3H3. The van der Waals surface area contributed by atoms with Gasteiger partial charge in [0.05, 0.1) is 4.90 Å². The second kappa shape index (κ2) is 8.74. The first-order chi connectivity index (χ1) is 14.7. The van der Waals surface area contributed by atoms with Crippen LogP contribution in [0.5, 0.6) is 0 Å². The molecule has 0 bridgehead atoms. The third-order valence-corrected chi connectivity index (χ3v) is 8.15. The third-order valence-electron chi connectivity index (χ3n) is 6.24. The molecule has 1 aromatic carbocycles. The average molecular weight is 444 g/mol. The number of piperidine rings is 1. The largest absolute Gasteiger partial charge is 0.355 e. The normalized spacial score (nSPS) is 18.9. The quantitative estimate of drug-likeness (QED) is 0.722. The zero-order valence-electron chi connectivity index (χ0n) is 18.8. The first-order valence-corrected chi connectivity index (χ1v) is 12.6. The fourth-order valence-electron chi connectivity index (χ4n) is 4.21. The first-order valence-electron chi connectivity index (χ1n) is 11.2. The molecular weight excluding hydrogens is 410 g/mol. The van der Waals surface area contributed by atoms with Crippen molar-refractivity contribution in [3.63, 3.8) is 0 Å². The summed E-state index contributed by atoms with van der Waals surface area (Å²) in [5, 5.41) is 8.85. The van der Waals surface area contributed by atoms with Crippen LogP contribution in [-0.4, -0.2) is 62.2 Å². The molecule has 31 heavy (non-hydrogen) atoms. The number of sulfonamides is 1. The van der Waals surface area contributed by atoms with Crippen LogP contribution in [0.2, 0.25) is 0 Å². The number of nitrogens with zero attached hydrogens (tertiary/aromatic N) is 5. The van der Waals surface area contributed by atoms with Crippen molar-refractivity contribution in [2.24, 2.45) is 0 Å². The van der Waals surface area contributed by atoms with Crippen molar-refractivity contribution in [2.75, 3.05) is 49.1 Å². The molecule has 2 saturated heterocycles. The topological polar surface area (TPSA) is 69.6 Å². The van der Waals surface area contributed by atoms with Crippen LogP contribution in [0, 0.1) is 0 Å². The summed E-state index contributed by atoms with van der Waals surface area (Å²) in [6.07, 6.45) is 3.70. The van der Waals surface area contributed by atoms with Crippen LogP contribution in [0.3, 0.4) is 0 Å². The molecule has 2 aromatic rings. The second-order valence-corrected chi connectivity index (χ2v) is 11.4. The van der Waals surface area contributed by atoms with E-state index in [0.717, 1.165) is 30.3 Å².